The third-order valence-electron chi connectivity index (χ3n) is 2.90. The molecule has 1 heteroatoms. The molecular weight excluding hydrogens is 194 g/mol. The summed E-state index contributed by atoms with van der Waals surface area (Å²) in [5.74, 6) is 2.46. The molecule has 0 aliphatic heterocycles. The molecule has 1 N–H and O–H groups in total. The Hall–Kier alpha value is -0.0400. The Morgan fingerprint density at radius 1 is 0.750 bits per heavy atom. The van der Waals surface area contributed by atoms with Crippen LogP contribution in [-0.2, 0) is 0 Å². The van der Waals surface area contributed by atoms with Gasteiger partial charge in [0.05, 0.1) is 0 Å². The van der Waals surface area contributed by atoms with Gasteiger partial charge in [-0.05, 0) is 50.0 Å². The van der Waals surface area contributed by atoms with Crippen LogP contribution < -0.4 is 5.32 Å². The maximum absolute atomic E-state index is 3.74. The lowest BCUT2D eigenvalue weighted by atomic mass is 9.95. The minimum Gasteiger partial charge on any atom is -0.314 e. The molecule has 0 unspecified atom stereocenters. The molecule has 1 nitrogen and oxygen atoms in total. The second-order valence-corrected chi connectivity index (χ2v) is 6.45. The lowest BCUT2D eigenvalue weighted by Crippen LogP contribution is -2.32. The van der Waals surface area contributed by atoms with Crippen LogP contribution in [-0.4, -0.2) is 12.6 Å². The predicted molar refractivity (Wildman–Crippen MR) is 74.8 cm³/mol. The average molecular weight is 227 g/mol. The van der Waals surface area contributed by atoms with Crippen LogP contribution in [0.1, 0.15) is 67.2 Å². The van der Waals surface area contributed by atoms with Gasteiger partial charge in [0.2, 0.25) is 0 Å². The van der Waals surface area contributed by atoms with E-state index in [1.807, 2.05) is 0 Å². The van der Waals surface area contributed by atoms with Crippen molar-refractivity contribution >= 4 is 0 Å². The van der Waals surface area contributed by atoms with Gasteiger partial charge in [-0.25, -0.2) is 0 Å². The van der Waals surface area contributed by atoms with Gasteiger partial charge >= 0.3 is 0 Å². The molecule has 0 spiro atoms. The van der Waals surface area contributed by atoms with Crippen molar-refractivity contribution in [1.82, 2.24) is 5.32 Å². The van der Waals surface area contributed by atoms with Gasteiger partial charge in [-0.15, -0.1) is 0 Å². The summed E-state index contributed by atoms with van der Waals surface area (Å²) >= 11 is 0. The zero-order chi connectivity index (χ0) is 12.6. The first-order valence-electron chi connectivity index (χ1n) is 7.15. The molecule has 0 bridgehead atoms. The molecule has 0 aromatic rings. The number of hydrogen-bond acceptors (Lipinski definition) is 1. The Morgan fingerprint density at radius 3 is 1.62 bits per heavy atom. The molecule has 0 aliphatic rings. The summed E-state index contributed by atoms with van der Waals surface area (Å²) in [6.07, 6.45) is 5.31. The van der Waals surface area contributed by atoms with Gasteiger partial charge in [0.15, 0.2) is 0 Å². The van der Waals surface area contributed by atoms with Crippen molar-refractivity contribution in [2.24, 2.45) is 17.8 Å². The smallest absolute Gasteiger partial charge is 0.00719 e. The van der Waals surface area contributed by atoms with Gasteiger partial charge in [-0.2, -0.15) is 0 Å². The second kappa shape index (κ2) is 9.04. The van der Waals surface area contributed by atoms with E-state index in [1.54, 1.807) is 0 Å². The van der Waals surface area contributed by atoms with E-state index >= 15 is 0 Å². The van der Waals surface area contributed by atoms with Crippen LogP contribution in [0.3, 0.4) is 0 Å². The lowest BCUT2D eigenvalue weighted by molar-refractivity contribution is 0.354. The monoisotopic (exact) mass is 227 g/mol. The van der Waals surface area contributed by atoms with E-state index in [1.165, 1.54) is 32.2 Å². The molecule has 0 amide bonds. The van der Waals surface area contributed by atoms with Crippen LogP contribution in [0.4, 0.5) is 0 Å². The molecular formula is C15H33N. The quantitative estimate of drug-likeness (QED) is 0.573. The first-order chi connectivity index (χ1) is 7.41. The Labute approximate surface area is 103 Å². The van der Waals surface area contributed by atoms with Crippen LogP contribution in [0.25, 0.3) is 0 Å². The van der Waals surface area contributed by atoms with Crippen molar-refractivity contribution in [2.75, 3.05) is 6.54 Å². The van der Waals surface area contributed by atoms with E-state index in [0.29, 0.717) is 0 Å². The van der Waals surface area contributed by atoms with Gasteiger partial charge in [-0.1, -0.05) is 41.5 Å². The van der Waals surface area contributed by atoms with Crippen molar-refractivity contribution in [3.05, 3.63) is 0 Å². The molecule has 0 aromatic carbocycles. The summed E-state index contributed by atoms with van der Waals surface area (Å²) in [4.78, 5) is 0. The summed E-state index contributed by atoms with van der Waals surface area (Å²) in [5.41, 5.74) is 0. The molecule has 0 atom stereocenters. The van der Waals surface area contributed by atoms with Crippen LogP contribution >= 0.6 is 0 Å². The average Bonchev–Trinajstić information content (AvgIpc) is 2.09. The molecule has 98 valence electrons. The van der Waals surface area contributed by atoms with Crippen LogP contribution in [0, 0.1) is 17.8 Å². The SMILES string of the molecule is CC(C)CCCNC(CC(C)C)CC(C)C. The van der Waals surface area contributed by atoms with Crippen molar-refractivity contribution in [3.63, 3.8) is 0 Å². The van der Waals surface area contributed by atoms with Gasteiger partial charge in [0.1, 0.15) is 0 Å². The molecule has 0 aromatic heterocycles. The highest BCUT2D eigenvalue weighted by Gasteiger charge is 2.11. The lowest BCUT2D eigenvalue weighted by Gasteiger charge is -2.22. The maximum Gasteiger partial charge on any atom is 0.00719 e. The fourth-order valence-electron chi connectivity index (χ4n) is 2.22. The number of rotatable bonds is 9. The van der Waals surface area contributed by atoms with Gasteiger partial charge in [0.25, 0.3) is 0 Å². The minimum atomic E-state index is 0.729. The van der Waals surface area contributed by atoms with Crippen LogP contribution in [0.2, 0.25) is 0 Å². The standard InChI is InChI=1S/C15H33N/c1-12(2)8-7-9-16-15(10-13(3)4)11-14(5)6/h12-16H,7-11H2,1-6H3. The highest BCUT2D eigenvalue weighted by Crippen LogP contribution is 2.13. The molecule has 0 saturated heterocycles. The minimum absolute atomic E-state index is 0.729. The van der Waals surface area contributed by atoms with E-state index in [4.69, 9.17) is 0 Å². The third kappa shape index (κ3) is 10.5. The Bertz CT molecular complexity index is 140. The Balaban J connectivity index is 3.73. The molecule has 0 aliphatic carbocycles. The molecule has 16 heavy (non-hydrogen) atoms. The summed E-state index contributed by atoms with van der Waals surface area (Å²) in [7, 11) is 0. The molecule has 0 heterocycles. The summed E-state index contributed by atoms with van der Waals surface area (Å²) in [6.45, 7) is 15.1. The first-order valence-corrected chi connectivity index (χ1v) is 7.15. The van der Waals surface area contributed by atoms with E-state index in [-0.39, 0.29) is 0 Å². The van der Waals surface area contributed by atoms with E-state index in [2.05, 4.69) is 46.9 Å². The molecule has 0 rings (SSSR count). The van der Waals surface area contributed by atoms with E-state index in [9.17, 15) is 0 Å². The topological polar surface area (TPSA) is 12.0 Å². The Morgan fingerprint density at radius 2 is 1.25 bits per heavy atom. The maximum atomic E-state index is 3.74. The zero-order valence-electron chi connectivity index (χ0n) is 12.3. The number of hydrogen-bond donors (Lipinski definition) is 1. The van der Waals surface area contributed by atoms with E-state index < -0.39 is 0 Å². The summed E-state index contributed by atoms with van der Waals surface area (Å²) in [6, 6.07) is 0.729. The predicted octanol–water partition coefficient (Wildman–Crippen LogP) is 4.47. The molecule has 0 radical (unpaired) electrons. The molecule has 0 saturated carbocycles. The van der Waals surface area contributed by atoms with Crippen molar-refractivity contribution in [2.45, 2.75) is 73.3 Å². The highest BCUT2D eigenvalue weighted by atomic mass is 14.9. The highest BCUT2D eigenvalue weighted by molar-refractivity contribution is 4.70. The first kappa shape index (κ1) is 16.0. The van der Waals surface area contributed by atoms with Gasteiger partial charge < -0.3 is 5.32 Å². The molecule has 0 fully saturated rings. The van der Waals surface area contributed by atoms with Gasteiger partial charge in [0, 0.05) is 6.04 Å². The van der Waals surface area contributed by atoms with Crippen molar-refractivity contribution in [1.29, 1.82) is 0 Å². The van der Waals surface area contributed by atoms with E-state index in [0.717, 1.165) is 23.8 Å². The largest absolute Gasteiger partial charge is 0.314 e. The fraction of sp³-hybridized carbons (Fsp3) is 1.00. The third-order valence-corrected chi connectivity index (χ3v) is 2.90. The fourth-order valence-corrected chi connectivity index (χ4v) is 2.22. The van der Waals surface area contributed by atoms with Crippen molar-refractivity contribution in [3.8, 4) is 0 Å². The normalized spacial score (nSPS) is 12.4. The second-order valence-electron chi connectivity index (χ2n) is 6.45. The van der Waals surface area contributed by atoms with Crippen LogP contribution in [0.15, 0.2) is 0 Å². The number of nitrogens with one attached hydrogen (secondary N) is 1. The summed E-state index contributed by atoms with van der Waals surface area (Å²) < 4.78 is 0. The van der Waals surface area contributed by atoms with Crippen molar-refractivity contribution < 1.29 is 0 Å². The Kier molecular flexibility index (Phi) is 9.02. The van der Waals surface area contributed by atoms with Crippen LogP contribution in [0.5, 0.6) is 0 Å². The zero-order valence-corrected chi connectivity index (χ0v) is 12.3. The van der Waals surface area contributed by atoms with Gasteiger partial charge in [-0.3, -0.25) is 0 Å². The summed E-state index contributed by atoms with van der Waals surface area (Å²) in [5, 5.41) is 3.74.